The first-order valence-electron chi connectivity index (χ1n) is 5.12. The van der Waals surface area contributed by atoms with E-state index in [2.05, 4.69) is 52.6 Å². The van der Waals surface area contributed by atoms with Crippen LogP contribution in [0, 0.1) is 5.41 Å². The van der Waals surface area contributed by atoms with Gasteiger partial charge in [-0.15, -0.1) is 0 Å². The van der Waals surface area contributed by atoms with Crippen molar-refractivity contribution in [2.45, 2.75) is 54.4 Å². The molecule has 0 spiro atoms. The lowest BCUT2D eigenvalue weighted by Gasteiger charge is -2.18. The standard InChI is InChI=1S/C12H23N/c1-7-9-11(8-2)13-10(3)12(4,5)6/h8H,7,9H2,1-6H3/b11-8-,13-10?. The largest absolute Gasteiger partial charge is 0.262 e. The topological polar surface area (TPSA) is 12.4 Å². The lowest BCUT2D eigenvalue weighted by molar-refractivity contribution is 0.586. The first kappa shape index (κ1) is 12.4. The molecule has 0 amide bonds. The molecule has 13 heavy (non-hydrogen) atoms. The Morgan fingerprint density at radius 3 is 2.15 bits per heavy atom. The zero-order valence-corrected chi connectivity index (χ0v) is 9.94. The zero-order valence-electron chi connectivity index (χ0n) is 9.94. The summed E-state index contributed by atoms with van der Waals surface area (Å²) in [6.45, 7) is 13.0. The molecule has 0 bridgehead atoms. The molecule has 0 atom stereocenters. The minimum atomic E-state index is 0.196. The highest BCUT2D eigenvalue weighted by Gasteiger charge is 2.14. The lowest BCUT2D eigenvalue weighted by atomic mass is 9.91. The van der Waals surface area contributed by atoms with Gasteiger partial charge in [-0.2, -0.15) is 0 Å². The predicted molar refractivity (Wildman–Crippen MR) is 61.2 cm³/mol. The second kappa shape index (κ2) is 5.21. The van der Waals surface area contributed by atoms with Gasteiger partial charge in [-0.3, -0.25) is 4.99 Å². The minimum Gasteiger partial charge on any atom is -0.262 e. The maximum atomic E-state index is 4.63. The molecule has 76 valence electrons. The first-order valence-corrected chi connectivity index (χ1v) is 5.12. The fourth-order valence-corrected chi connectivity index (χ4v) is 0.904. The lowest BCUT2D eigenvalue weighted by Crippen LogP contribution is -2.16. The molecule has 0 aliphatic heterocycles. The number of hydrogen-bond acceptors (Lipinski definition) is 1. The summed E-state index contributed by atoms with van der Waals surface area (Å²) < 4.78 is 0. The van der Waals surface area contributed by atoms with Crippen molar-refractivity contribution in [3.05, 3.63) is 11.8 Å². The number of hydrogen-bond donors (Lipinski definition) is 0. The van der Waals surface area contributed by atoms with E-state index in [0.717, 1.165) is 6.42 Å². The molecule has 0 rings (SSSR count). The van der Waals surface area contributed by atoms with E-state index >= 15 is 0 Å². The molecule has 1 heteroatoms. The number of allylic oxidation sites excluding steroid dienone is 2. The Morgan fingerprint density at radius 2 is 1.85 bits per heavy atom. The zero-order chi connectivity index (χ0) is 10.5. The van der Waals surface area contributed by atoms with Crippen molar-refractivity contribution in [2.75, 3.05) is 0 Å². The van der Waals surface area contributed by atoms with E-state index in [1.54, 1.807) is 0 Å². The average Bonchev–Trinajstić information content (AvgIpc) is 2.01. The van der Waals surface area contributed by atoms with Gasteiger partial charge in [-0.1, -0.05) is 40.2 Å². The Morgan fingerprint density at radius 1 is 1.31 bits per heavy atom. The van der Waals surface area contributed by atoms with Crippen LogP contribution in [-0.4, -0.2) is 5.71 Å². The predicted octanol–water partition coefficient (Wildman–Crippen LogP) is 4.20. The molecule has 0 unspecified atom stereocenters. The van der Waals surface area contributed by atoms with Crippen molar-refractivity contribution in [3.63, 3.8) is 0 Å². The highest BCUT2D eigenvalue weighted by Crippen LogP contribution is 2.18. The summed E-state index contributed by atoms with van der Waals surface area (Å²) in [5.74, 6) is 0. The first-order chi connectivity index (χ1) is 5.91. The van der Waals surface area contributed by atoms with E-state index in [9.17, 15) is 0 Å². The maximum Gasteiger partial charge on any atom is 0.0360 e. The van der Waals surface area contributed by atoms with Gasteiger partial charge in [0.05, 0.1) is 0 Å². The van der Waals surface area contributed by atoms with E-state index < -0.39 is 0 Å². The van der Waals surface area contributed by atoms with Gasteiger partial charge in [0, 0.05) is 11.4 Å². The summed E-state index contributed by atoms with van der Waals surface area (Å²) in [7, 11) is 0. The molecule has 0 N–H and O–H groups in total. The molecule has 1 nitrogen and oxygen atoms in total. The van der Waals surface area contributed by atoms with Crippen LogP contribution in [-0.2, 0) is 0 Å². The van der Waals surface area contributed by atoms with E-state index in [1.807, 2.05) is 0 Å². The summed E-state index contributed by atoms with van der Waals surface area (Å²) >= 11 is 0. The molecular weight excluding hydrogens is 158 g/mol. The van der Waals surface area contributed by atoms with Gasteiger partial charge >= 0.3 is 0 Å². The van der Waals surface area contributed by atoms with Crippen LogP contribution in [0.1, 0.15) is 54.4 Å². The fraction of sp³-hybridized carbons (Fsp3) is 0.750. The Bertz CT molecular complexity index is 204. The second-order valence-electron chi connectivity index (χ2n) is 4.48. The van der Waals surface area contributed by atoms with Crippen LogP contribution in [0.4, 0.5) is 0 Å². The van der Waals surface area contributed by atoms with E-state index in [4.69, 9.17) is 0 Å². The van der Waals surface area contributed by atoms with E-state index in [-0.39, 0.29) is 5.41 Å². The molecule has 0 aliphatic carbocycles. The van der Waals surface area contributed by atoms with E-state index in [1.165, 1.54) is 17.8 Å². The molecule has 0 heterocycles. The van der Waals surface area contributed by atoms with Crippen LogP contribution >= 0.6 is 0 Å². The molecule has 0 saturated heterocycles. The summed E-state index contributed by atoms with van der Waals surface area (Å²) in [6, 6.07) is 0. The van der Waals surface area contributed by atoms with Crippen molar-refractivity contribution < 1.29 is 0 Å². The summed E-state index contributed by atoms with van der Waals surface area (Å²) in [6.07, 6.45) is 4.36. The van der Waals surface area contributed by atoms with Gasteiger partial charge in [-0.25, -0.2) is 0 Å². The SMILES string of the molecule is C/C=C(/CCC)N=C(C)C(C)(C)C. The number of rotatable bonds is 3. The Balaban J connectivity index is 4.53. The van der Waals surface area contributed by atoms with E-state index in [0.29, 0.717) is 0 Å². The smallest absolute Gasteiger partial charge is 0.0360 e. The number of aliphatic imine (C=N–C) groups is 1. The molecule has 0 radical (unpaired) electrons. The quantitative estimate of drug-likeness (QED) is 0.579. The molecule has 0 aromatic carbocycles. The summed E-state index contributed by atoms with van der Waals surface area (Å²) in [5, 5.41) is 0. The molecule has 0 aliphatic rings. The fourth-order valence-electron chi connectivity index (χ4n) is 0.904. The summed E-state index contributed by atoms with van der Waals surface area (Å²) in [4.78, 5) is 4.63. The van der Waals surface area contributed by atoms with Crippen LogP contribution in [0.25, 0.3) is 0 Å². The average molecular weight is 181 g/mol. The van der Waals surface area contributed by atoms with Crippen molar-refractivity contribution in [3.8, 4) is 0 Å². The molecule has 0 aromatic rings. The van der Waals surface area contributed by atoms with Crippen LogP contribution in [0.15, 0.2) is 16.8 Å². The van der Waals surface area contributed by atoms with Crippen molar-refractivity contribution in [1.82, 2.24) is 0 Å². The third kappa shape index (κ3) is 4.87. The van der Waals surface area contributed by atoms with Gasteiger partial charge in [0.2, 0.25) is 0 Å². The van der Waals surface area contributed by atoms with Crippen molar-refractivity contribution in [1.29, 1.82) is 0 Å². The second-order valence-corrected chi connectivity index (χ2v) is 4.48. The van der Waals surface area contributed by atoms with Gasteiger partial charge in [0.25, 0.3) is 0 Å². The Hall–Kier alpha value is -0.590. The summed E-state index contributed by atoms with van der Waals surface area (Å²) in [5.41, 5.74) is 2.63. The van der Waals surface area contributed by atoms with Crippen LogP contribution in [0.3, 0.4) is 0 Å². The molecule has 0 fully saturated rings. The van der Waals surface area contributed by atoms with Gasteiger partial charge in [0.1, 0.15) is 0 Å². The monoisotopic (exact) mass is 181 g/mol. The molecule has 0 aromatic heterocycles. The molecular formula is C12H23N. The minimum absolute atomic E-state index is 0.196. The Labute approximate surface area is 83.0 Å². The number of nitrogens with zero attached hydrogens (tertiary/aromatic N) is 1. The highest BCUT2D eigenvalue weighted by atomic mass is 14.8. The van der Waals surface area contributed by atoms with Gasteiger partial charge in [0.15, 0.2) is 0 Å². The Kier molecular flexibility index (Phi) is 4.97. The van der Waals surface area contributed by atoms with Crippen LogP contribution in [0.2, 0.25) is 0 Å². The molecule has 0 saturated carbocycles. The van der Waals surface area contributed by atoms with Crippen LogP contribution < -0.4 is 0 Å². The third-order valence-corrected chi connectivity index (χ3v) is 2.24. The van der Waals surface area contributed by atoms with Gasteiger partial charge in [-0.05, 0) is 25.7 Å². The van der Waals surface area contributed by atoms with Gasteiger partial charge < -0.3 is 0 Å². The van der Waals surface area contributed by atoms with Crippen molar-refractivity contribution in [2.24, 2.45) is 10.4 Å². The highest BCUT2D eigenvalue weighted by molar-refractivity contribution is 5.87. The van der Waals surface area contributed by atoms with Crippen molar-refractivity contribution >= 4 is 5.71 Å². The maximum absolute atomic E-state index is 4.63. The third-order valence-electron chi connectivity index (χ3n) is 2.24. The van der Waals surface area contributed by atoms with Crippen LogP contribution in [0.5, 0.6) is 0 Å². The normalized spacial score (nSPS) is 14.9.